The fourth-order valence-electron chi connectivity index (χ4n) is 1.43. The summed E-state index contributed by atoms with van der Waals surface area (Å²) in [5.74, 6) is 1.15. The molecule has 1 aromatic rings. The Morgan fingerprint density at radius 2 is 1.74 bits per heavy atom. The van der Waals surface area contributed by atoms with Crippen molar-refractivity contribution < 1.29 is 14.2 Å². The van der Waals surface area contributed by atoms with E-state index in [1.165, 1.54) is 0 Å². The summed E-state index contributed by atoms with van der Waals surface area (Å²) in [5, 5.41) is 8.89. The van der Waals surface area contributed by atoms with Gasteiger partial charge in [0.25, 0.3) is 0 Å². The maximum Gasteiger partial charge on any atom is 0.137 e. The topological polar surface area (TPSA) is 51.5 Å². The van der Waals surface area contributed by atoms with Gasteiger partial charge in [0.15, 0.2) is 0 Å². The number of nitrogens with zero attached hydrogens (tertiary/aromatic N) is 1. The Kier molecular flexibility index (Phi) is 7.64. The second kappa shape index (κ2) is 9.37. The van der Waals surface area contributed by atoms with Crippen LogP contribution in [-0.4, -0.2) is 33.0 Å². The number of para-hydroxylation sites is 1. The average Bonchev–Trinajstić information content (AvgIpc) is 2.42. The first-order valence-corrected chi connectivity index (χ1v) is 6.51. The molecule has 0 bridgehead atoms. The SMILES string of the molecule is CC(C)COCCOCCOc1ccccc1C#N. The lowest BCUT2D eigenvalue weighted by Gasteiger charge is -2.09. The number of hydrogen-bond donors (Lipinski definition) is 0. The quantitative estimate of drug-likeness (QED) is 0.643. The number of nitriles is 1. The fraction of sp³-hybridized carbons (Fsp3) is 0.533. The summed E-state index contributed by atoms with van der Waals surface area (Å²) < 4.78 is 16.2. The van der Waals surface area contributed by atoms with Crippen LogP contribution in [0.15, 0.2) is 24.3 Å². The molecule has 0 aliphatic rings. The van der Waals surface area contributed by atoms with Gasteiger partial charge in [-0.1, -0.05) is 26.0 Å². The van der Waals surface area contributed by atoms with Gasteiger partial charge in [-0.3, -0.25) is 0 Å². The van der Waals surface area contributed by atoms with E-state index in [2.05, 4.69) is 19.9 Å². The summed E-state index contributed by atoms with van der Waals surface area (Å²) >= 11 is 0. The zero-order valence-corrected chi connectivity index (χ0v) is 11.6. The number of ether oxygens (including phenoxy) is 3. The number of benzene rings is 1. The van der Waals surface area contributed by atoms with Gasteiger partial charge in [-0.25, -0.2) is 0 Å². The van der Waals surface area contributed by atoms with Crippen molar-refractivity contribution in [2.75, 3.05) is 33.0 Å². The second-order valence-corrected chi connectivity index (χ2v) is 4.54. The lowest BCUT2D eigenvalue weighted by atomic mass is 10.2. The molecule has 19 heavy (non-hydrogen) atoms. The van der Waals surface area contributed by atoms with Crippen molar-refractivity contribution in [2.45, 2.75) is 13.8 Å². The van der Waals surface area contributed by atoms with E-state index in [1.54, 1.807) is 12.1 Å². The van der Waals surface area contributed by atoms with E-state index in [9.17, 15) is 0 Å². The predicted octanol–water partition coefficient (Wildman–Crippen LogP) is 2.63. The molecule has 0 aromatic heterocycles. The van der Waals surface area contributed by atoms with Gasteiger partial charge >= 0.3 is 0 Å². The summed E-state index contributed by atoms with van der Waals surface area (Å²) in [4.78, 5) is 0. The van der Waals surface area contributed by atoms with Crippen molar-refractivity contribution in [1.82, 2.24) is 0 Å². The van der Waals surface area contributed by atoms with Crippen LogP contribution in [0.1, 0.15) is 19.4 Å². The Balaban J connectivity index is 2.06. The van der Waals surface area contributed by atoms with Crippen LogP contribution in [0.25, 0.3) is 0 Å². The highest BCUT2D eigenvalue weighted by atomic mass is 16.5. The third-order valence-corrected chi connectivity index (χ3v) is 2.32. The van der Waals surface area contributed by atoms with Crippen LogP contribution in [0.5, 0.6) is 5.75 Å². The molecule has 1 rings (SSSR count). The minimum atomic E-state index is 0.433. The first-order chi connectivity index (χ1) is 9.24. The Morgan fingerprint density at radius 1 is 1.05 bits per heavy atom. The van der Waals surface area contributed by atoms with Crippen molar-refractivity contribution in [3.8, 4) is 11.8 Å². The molecule has 0 aliphatic heterocycles. The maximum atomic E-state index is 8.89. The Hall–Kier alpha value is -1.57. The third-order valence-electron chi connectivity index (χ3n) is 2.32. The molecule has 1 aromatic carbocycles. The zero-order chi connectivity index (χ0) is 13.9. The average molecular weight is 263 g/mol. The first kappa shape index (κ1) is 15.5. The Bertz CT molecular complexity index is 399. The molecule has 4 nitrogen and oxygen atoms in total. The minimum absolute atomic E-state index is 0.433. The molecule has 0 aliphatic carbocycles. The molecule has 0 N–H and O–H groups in total. The van der Waals surface area contributed by atoms with Crippen LogP contribution in [-0.2, 0) is 9.47 Å². The molecule has 0 saturated carbocycles. The summed E-state index contributed by atoms with van der Waals surface area (Å²) in [7, 11) is 0. The molecular formula is C15H21NO3. The highest BCUT2D eigenvalue weighted by molar-refractivity contribution is 5.42. The van der Waals surface area contributed by atoms with Gasteiger partial charge in [0.1, 0.15) is 18.4 Å². The first-order valence-electron chi connectivity index (χ1n) is 6.51. The van der Waals surface area contributed by atoms with E-state index < -0.39 is 0 Å². The van der Waals surface area contributed by atoms with Crippen LogP contribution >= 0.6 is 0 Å². The van der Waals surface area contributed by atoms with Crippen LogP contribution in [0.2, 0.25) is 0 Å². The van der Waals surface area contributed by atoms with Gasteiger partial charge < -0.3 is 14.2 Å². The molecular weight excluding hydrogens is 242 g/mol. The van der Waals surface area contributed by atoms with Crippen molar-refractivity contribution >= 4 is 0 Å². The van der Waals surface area contributed by atoms with E-state index in [4.69, 9.17) is 19.5 Å². The maximum absolute atomic E-state index is 8.89. The molecule has 104 valence electrons. The predicted molar refractivity (Wildman–Crippen MR) is 73.1 cm³/mol. The smallest absolute Gasteiger partial charge is 0.137 e. The molecule has 0 spiro atoms. The van der Waals surface area contributed by atoms with Crippen LogP contribution in [0.4, 0.5) is 0 Å². The summed E-state index contributed by atoms with van der Waals surface area (Å²) in [6.45, 7) is 7.08. The van der Waals surface area contributed by atoms with Crippen LogP contribution in [0.3, 0.4) is 0 Å². The lowest BCUT2D eigenvalue weighted by molar-refractivity contribution is 0.0282. The largest absolute Gasteiger partial charge is 0.490 e. The van der Waals surface area contributed by atoms with Gasteiger partial charge in [0.2, 0.25) is 0 Å². The van der Waals surface area contributed by atoms with Crippen molar-refractivity contribution in [1.29, 1.82) is 5.26 Å². The van der Waals surface area contributed by atoms with Gasteiger partial charge in [-0.05, 0) is 18.1 Å². The highest BCUT2D eigenvalue weighted by Crippen LogP contribution is 2.15. The molecule has 0 saturated heterocycles. The van der Waals surface area contributed by atoms with E-state index >= 15 is 0 Å². The van der Waals surface area contributed by atoms with Crippen molar-refractivity contribution in [2.24, 2.45) is 5.92 Å². The molecule has 0 amide bonds. The van der Waals surface area contributed by atoms with E-state index in [1.807, 2.05) is 12.1 Å². The van der Waals surface area contributed by atoms with E-state index in [-0.39, 0.29) is 0 Å². The summed E-state index contributed by atoms with van der Waals surface area (Å²) in [5.41, 5.74) is 0.544. The summed E-state index contributed by atoms with van der Waals surface area (Å²) in [6.07, 6.45) is 0. The molecule has 0 heterocycles. The monoisotopic (exact) mass is 263 g/mol. The summed E-state index contributed by atoms with van der Waals surface area (Å²) in [6, 6.07) is 9.26. The highest BCUT2D eigenvalue weighted by Gasteiger charge is 2.01. The fourth-order valence-corrected chi connectivity index (χ4v) is 1.43. The van der Waals surface area contributed by atoms with E-state index in [0.29, 0.717) is 43.7 Å². The lowest BCUT2D eigenvalue weighted by Crippen LogP contribution is -2.12. The molecule has 0 radical (unpaired) electrons. The molecule has 4 heteroatoms. The Labute approximate surface area is 114 Å². The van der Waals surface area contributed by atoms with Crippen molar-refractivity contribution in [3.63, 3.8) is 0 Å². The van der Waals surface area contributed by atoms with Crippen molar-refractivity contribution in [3.05, 3.63) is 29.8 Å². The van der Waals surface area contributed by atoms with E-state index in [0.717, 1.165) is 6.61 Å². The van der Waals surface area contributed by atoms with Crippen LogP contribution in [0, 0.1) is 17.2 Å². The van der Waals surface area contributed by atoms with Crippen LogP contribution < -0.4 is 4.74 Å². The molecule has 0 unspecified atom stereocenters. The second-order valence-electron chi connectivity index (χ2n) is 4.54. The molecule has 0 fully saturated rings. The standard InChI is InChI=1S/C15H21NO3/c1-13(2)12-18-8-7-17-9-10-19-15-6-4-3-5-14(15)11-16/h3-6,13H,7-10,12H2,1-2H3. The molecule has 0 atom stereocenters. The van der Waals surface area contributed by atoms with Gasteiger partial charge in [-0.15, -0.1) is 0 Å². The number of rotatable bonds is 9. The van der Waals surface area contributed by atoms with Gasteiger partial charge in [0.05, 0.1) is 25.4 Å². The third kappa shape index (κ3) is 6.80. The van der Waals surface area contributed by atoms with Gasteiger partial charge in [-0.2, -0.15) is 5.26 Å². The number of hydrogen-bond acceptors (Lipinski definition) is 4. The normalized spacial score (nSPS) is 10.4. The Morgan fingerprint density at radius 3 is 2.47 bits per heavy atom. The van der Waals surface area contributed by atoms with Gasteiger partial charge in [0, 0.05) is 6.61 Å². The zero-order valence-electron chi connectivity index (χ0n) is 11.6. The minimum Gasteiger partial charge on any atom is -0.490 e.